The maximum Gasteiger partial charge on any atom is 0.113 e. The molecule has 0 bridgehead atoms. The number of nitrogens with zero attached hydrogens (tertiary/aromatic N) is 3. The average molecular weight is 189 g/mol. The highest BCUT2D eigenvalue weighted by Crippen LogP contribution is 2.13. The lowest BCUT2D eigenvalue weighted by Crippen LogP contribution is -1.85. The molecule has 3 nitrogen and oxygen atoms in total. The molecule has 1 aromatic heterocycles. The molecule has 0 saturated carbocycles. The molecule has 1 heterocycles. The smallest absolute Gasteiger partial charge is 0.113 e. The number of aryl methyl sites for hydroxylation is 1. The molecule has 0 aliphatic carbocycles. The molecule has 0 N–H and O–H groups in total. The molecule has 0 spiro atoms. The normalized spacial score (nSPS) is 9.07. The molecule has 0 aliphatic rings. The number of aromatic nitrogens is 3. The maximum atomic E-state index is 4.00. The molecule has 2 aromatic rings. The summed E-state index contributed by atoms with van der Waals surface area (Å²) in [6.07, 6.45) is 1.90. The third kappa shape index (κ3) is 2.42. The Morgan fingerprint density at radius 1 is 1.07 bits per heavy atom. The van der Waals surface area contributed by atoms with E-state index >= 15 is 0 Å². The van der Waals surface area contributed by atoms with Crippen molar-refractivity contribution in [2.75, 3.05) is 0 Å². The Kier molecular flexibility index (Phi) is 3.85. The van der Waals surface area contributed by atoms with Crippen molar-refractivity contribution in [1.29, 1.82) is 0 Å². The van der Waals surface area contributed by atoms with Gasteiger partial charge in [0.15, 0.2) is 0 Å². The Hall–Kier alpha value is -1.64. The van der Waals surface area contributed by atoms with E-state index in [9.17, 15) is 0 Å². The fraction of sp³-hybridized carbons (Fsp3) is 0.273. The number of hydrogen-bond donors (Lipinski definition) is 0. The SMILES string of the molecule is CC.Cn1cc(-c2ccccc2)nn1. The van der Waals surface area contributed by atoms with Gasteiger partial charge >= 0.3 is 0 Å². The van der Waals surface area contributed by atoms with Crippen molar-refractivity contribution in [3.05, 3.63) is 36.5 Å². The Bertz CT molecular complexity index is 365. The first-order chi connectivity index (χ1) is 6.86. The van der Waals surface area contributed by atoms with Crippen LogP contribution in [0.25, 0.3) is 11.3 Å². The molecular weight excluding hydrogens is 174 g/mol. The second-order valence-electron chi connectivity index (χ2n) is 2.64. The van der Waals surface area contributed by atoms with Gasteiger partial charge in [-0.2, -0.15) is 0 Å². The van der Waals surface area contributed by atoms with Gasteiger partial charge in [-0.05, 0) is 0 Å². The molecule has 0 aliphatic heterocycles. The first-order valence-corrected chi connectivity index (χ1v) is 4.78. The van der Waals surface area contributed by atoms with Gasteiger partial charge in [0, 0.05) is 12.6 Å². The van der Waals surface area contributed by atoms with E-state index in [1.54, 1.807) is 4.68 Å². The summed E-state index contributed by atoms with van der Waals surface area (Å²) in [5, 5.41) is 7.86. The summed E-state index contributed by atoms with van der Waals surface area (Å²) >= 11 is 0. The van der Waals surface area contributed by atoms with E-state index in [1.807, 2.05) is 57.4 Å². The fourth-order valence-corrected chi connectivity index (χ4v) is 1.09. The number of rotatable bonds is 1. The van der Waals surface area contributed by atoms with Crippen molar-refractivity contribution in [3.8, 4) is 11.3 Å². The van der Waals surface area contributed by atoms with Crippen molar-refractivity contribution in [1.82, 2.24) is 15.0 Å². The van der Waals surface area contributed by atoms with E-state index in [-0.39, 0.29) is 0 Å². The van der Waals surface area contributed by atoms with E-state index in [4.69, 9.17) is 0 Å². The standard InChI is InChI=1S/C9H9N3.C2H6/c1-12-7-9(10-11-12)8-5-3-2-4-6-8;1-2/h2-7H,1H3;1-2H3. The summed E-state index contributed by atoms with van der Waals surface area (Å²) in [5.41, 5.74) is 2.02. The van der Waals surface area contributed by atoms with Crippen LogP contribution in [0.3, 0.4) is 0 Å². The highest BCUT2D eigenvalue weighted by atomic mass is 15.4. The van der Waals surface area contributed by atoms with E-state index in [2.05, 4.69) is 10.3 Å². The van der Waals surface area contributed by atoms with Crippen LogP contribution in [0.1, 0.15) is 13.8 Å². The molecule has 0 unspecified atom stereocenters. The topological polar surface area (TPSA) is 30.7 Å². The molecule has 1 aromatic carbocycles. The highest BCUT2D eigenvalue weighted by molar-refractivity contribution is 5.56. The van der Waals surface area contributed by atoms with E-state index in [1.165, 1.54) is 0 Å². The van der Waals surface area contributed by atoms with Crippen molar-refractivity contribution >= 4 is 0 Å². The van der Waals surface area contributed by atoms with Crippen LogP contribution in [-0.4, -0.2) is 15.0 Å². The zero-order valence-electron chi connectivity index (χ0n) is 8.81. The van der Waals surface area contributed by atoms with Crippen LogP contribution in [0.4, 0.5) is 0 Å². The molecular formula is C11H15N3. The molecule has 0 amide bonds. The third-order valence-electron chi connectivity index (χ3n) is 1.67. The summed E-state index contributed by atoms with van der Waals surface area (Å²) < 4.78 is 1.70. The van der Waals surface area contributed by atoms with Crippen LogP contribution in [0.15, 0.2) is 36.5 Å². The van der Waals surface area contributed by atoms with Gasteiger partial charge in [-0.15, -0.1) is 5.10 Å². The monoisotopic (exact) mass is 189 g/mol. The molecule has 0 fully saturated rings. The zero-order chi connectivity index (χ0) is 10.4. The average Bonchev–Trinajstić information content (AvgIpc) is 2.69. The summed E-state index contributed by atoms with van der Waals surface area (Å²) in [7, 11) is 1.86. The van der Waals surface area contributed by atoms with Gasteiger partial charge in [0.2, 0.25) is 0 Å². The minimum Gasteiger partial charge on any atom is -0.255 e. The van der Waals surface area contributed by atoms with E-state index in [0.29, 0.717) is 0 Å². The molecule has 14 heavy (non-hydrogen) atoms. The van der Waals surface area contributed by atoms with Crippen molar-refractivity contribution < 1.29 is 0 Å². The summed E-state index contributed by atoms with van der Waals surface area (Å²) in [5.74, 6) is 0. The van der Waals surface area contributed by atoms with Crippen molar-refractivity contribution in [3.63, 3.8) is 0 Å². The first kappa shape index (κ1) is 10.4. The lowest BCUT2D eigenvalue weighted by Gasteiger charge is -1.91. The predicted octanol–water partition coefficient (Wildman–Crippen LogP) is 2.51. The summed E-state index contributed by atoms with van der Waals surface area (Å²) in [4.78, 5) is 0. The highest BCUT2D eigenvalue weighted by Gasteiger charge is 1.98. The zero-order valence-corrected chi connectivity index (χ0v) is 8.81. The molecule has 0 atom stereocenters. The van der Waals surface area contributed by atoms with Crippen LogP contribution in [0.5, 0.6) is 0 Å². The van der Waals surface area contributed by atoms with Crippen LogP contribution in [-0.2, 0) is 7.05 Å². The molecule has 3 heteroatoms. The van der Waals surface area contributed by atoms with Crippen LogP contribution >= 0.6 is 0 Å². The molecule has 0 radical (unpaired) electrons. The number of benzene rings is 1. The Morgan fingerprint density at radius 3 is 2.21 bits per heavy atom. The molecule has 0 saturated heterocycles. The second kappa shape index (κ2) is 5.17. The second-order valence-corrected chi connectivity index (χ2v) is 2.64. The van der Waals surface area contributed by atoms with Gasteiger partial charge in [-0.1, -0.05) is 49.4 Å². The quantitative estimate of drug-likeness (QED) is 0.690. The van der Waals surface area contributed by atoms with Crippen molar-refractivity contribution in [2.45, 2.75) is 13.8 Å². The Morgan fingerprint density at radius 2 is 1.71 bits per heavy atom. The van der Waals surface area contributed by atoms with Crippen molar-refractivity contribution in [2.24, 2.45) is 7.05 Å². The molecule has 2 rings (SSSR count). The maximum absolute atomic E-state index is 4.00. The van der Waals surface area contributed by atoms with Gasteiger partial charge in [-0.25, -0.2) is 0 Å². The Balaban J connectivity index is 0.000000461. The van der Waals surface area contributed by atoms with E-state index < -0.39 is 0 Å². The summed E-state index contributed by atoms with van der Waals surface area (Å²) in [6.45, 7) is 4.00. The number of hydrogen-bond acceptors (Lipinski definition) is 2. The lowest BCUT2D eigenvalue weighted by molar-refractivity contribution is 0.715. The minimum absolute atomic E-state index is 0.915. The van der Waals surface area contributed by atoms with E-state index in [0.717, 1.165) is 11.3 Å². The largest absolute Gasteiger partial charge is 0.255 e. The van der Waals surface area contributed by atoms with Gasteiger partial charge in [0.25, 0.3) is 0 Å². The van der Waals surface area contributed by atoms with Crippen LogP contribution in [0.2, 0.25) is 0 Å². The fourth-order valence-electron chi connectivity index (χ4n) is 1.09. The van der Waals surface area contributed by atoms with Crippen LogP contribution in [0, 0.1) is 0 Å². The van der Waals surface area contributed by atoms with Gasteiger partial charge in [-0.3, -0.25) is 4.68 Å². The third-order valence-corrected chi connectivity index (χ3v) is 1.67. The molecule has 74 valence electrons. The lowest BCUT2D eigenvalue weighted by atomic mass is 10.2. The first-order valence-electron chi connectivity index (χ1n) is 4.78. The summed E-state index contributed by atoms with van der Waals surface area (Å²) in [6, 6.07) is 10.0. The predicted molar refractivity (Wildman–Crippen MR) is 57.8 cm³/mol. The van der Waals surface area contributed by atoms with Gasteiger partial charge in [0.05, 0.1) is 6.20 Å². The van der Waals surface area contributed by atoms with Crippen LogP contribution < -0.4 is 0 Å². The van der Waals surface area contributed by atoms with Gasteiger partial charge < -0.3 is 0 Å². The van der Waals surface area contributed by atoms with Gasteiger partial charge in [0.1, 0.15) is 5.69 Å². The Labute approximate surface area is 84.4 Å². The minimum atomic E-state index is 0.915.